The summed E-state index contributed by atoms with van der Waals surface area (Å²) >= 11 is 0. The molecule has 0 saturated carbocycles. The molecular formula is C6H10N2O2. The monoisotopic (exact) mass is 142 g/mol. The molecule has 0 aromatic carbocycles. The Morgan fingerprint density at radius 1 is 1.90 bits per heavy atom. The van der Waals surface area contributed by atoms with Gasteiger partial charge in [0.1, 0.15) is 12.6 Å². The van der Waals surface area contributed by atoms with E-state index >= 15 is 0 Å². The minimum atomic E-state index is -0.137. The number of cyclic esters (lactones) is 1. The number of nitriles is 1. The smallest absolute Gasteiger partial charge is 0.326 e. The van der Waals surface area contributed by atoms with Gasteiger partial charge < -0.3 is 10.1 Å². The highest BCUT2D eigenvalue weighted by Crippen LogP contribution is 1.99. The van der Waals surface area contributed by atoms with Crippen molar-refractivity contribution in [2.24, 2.45) is 0 Å². The third-order valence-corrected chi connectivity index (χ3v) is 1.03. The number of carbonyl (C=O) groups excluding carboxylic acids is 1. The minimum Gasteiger partial charge on any atom is -0.462 e. The van der Waals surface area contributed by atoms with Crippen molar-refractivity contribution >= 4 is 5.97 Å². The highest BCUT2D eigenvalue weighted by molar-refractivity contribution is 5.80. The second kappa shape index (κ2) is 4.77. The number of rotatable bonds is 1. The molecule has 0 amide bonds. The SMILES string of the molecule is CC#N.CN[C@H]1COC1=O. The molecule has 0 unspecified atom stereocenters. The van der Waals surface area contributed by atoms with E-state index in [0.717, 1.165) is 0 Å². The summed E-state index contributed by atoms with van der Waals surface area (Å²) in [6, 6.07) is 1.72. The molecule has 1 rings (SSSR count). The fourth-order valence-electron chi connectivity index (χ4n) is 0.436. The molecule has 1 N–H and O–H groups in total. The van der Waals surface area contributed by atoms with Gasteiger partial charge in [0, 0.05) is 6.92 Å². The Kier molecular flexibility index (Phi) is 4.25. The Hall–Kier alpha value is -1.08. The number of nitrogens with one attached hydrogen (secondary N) is 1. The third-order valence-electron chi connectivity index (χ3n) is 1.03. The Balaban J connectivity index is 0.000000236. The van der Waals surface area contributed by atoms with Gasteiger partial charge in [-0.1, -0.05) is 0 Å². The summed E-state index contributed by atoms with van der Waals surface area (Å²) in [4.78, 5) is 10.2. The first-order valence-electron chi connectivity index (χ1n) is 2.91. The van der Waals surface area contributed by atoms with Crippen molar-refractivity contribution < 1.29 is 9.53 Å². The average Bonchev–Trinajstić information content (AvgIpc) is 1.88. The predicted octanol–water partition coefficient (Wildman–Crippen LogP) is -0.339. The van der Waals surface area contributed by atoms with Crippen LogP contribution < -0.4 is 5.32 Å². The normalized spacial score (nSPS) is 20.9. The van der Waals surface area contributed by atoms with E-state index in [9.17, 15) is 4.79 Å². The van der Waals surface area contributed by atoms with Gasteiger partial charge in [-0.25, -0.2) is 0 Å². The summed E-state index contributed by atoms with van der Waals surface area (Å²) in [5.74, 6) is -0.137. The molecule has 0 spiro atoms. The number of hydrogen-bond donors (Lipinski definition) is 1. The lowest BCUT2D eigenvalue weighted by molar-refractivity contribution is -0.162. The fraction of sp³-hybridized carbons (Fsp3) is 0.667. The standard InChI is InChI=1S/C4H7NO2.C2H3N/c1-5-3-2-7-4(3)6;1-2-3/h3,5H,2H2,1H3;1H3/t3-;/m0./s1. The van der Waals surface area contributed by atoms with Crippen LogP contribution in [0.4, 0.5) is 0 Å². The molecule has 1 fully saturated rings. The van der Waals surface area contributed by atoms with Crippen molar-refractivity contribution in [3.8, 4) is 6.07 Å². The highest BCUT2D eigenvalue weighted by atomic mass is 16.6. The van der Waals surface area contributed by atoms with Gasteiger partial charge in [0.25, 0.3) is 0 Å². The quantitative estimate of drug-likeness (QED) is 0.509. The number of ether oxygens (including phenoxy) is 1. The Labute approximate surface area is 59.8 Å². The van der Waals surface area contributed by atoms with Crippen molar-refractivity contribution in [2.45, 2.75) is 13.0 Å². The number of carbonyl (C=O) groups is 1. The molecule has 4 nitrogen and oxygen atoms in total. The molecule has 10 heavy (non-hydrogen) atoms. The lowest BCUT2D eigenvalue weighted by atomic mass is 10.2. The Morgan fingerprint density at radius 3 is 2.40 bits per heavy atom. The summed E-state index contributed by atoms with van der Waals surface area (Å²) in [6.45, 7) is 1.97. The van der Waals surface area contributed by atoms with E-state index in [-0.39, 0.29) is 12.0 Å². The summed E-state index contributed by atoms with van der Waals surface area (Å²) in [5.41, 5.74) is 0. The van der Waals surface area contributed by atoms with E-state index < -0.39 is 0 Å². The molecule has 4 heteroatoms. The van der Waals surface area contributed by atoms with Gasteiger partial charge in [-0.15, -0.1) is 0 Å². The van der Waals surface area contributed by atoms with Crippen LogP contribution in [0.3, 0.4) is 0 Å². The van der Waals surface area contributed by atoms with Gasteiger partial charge in [0.15, 0.2) is 0 Å². The molecule has 1 heterocycles. The van der Waals surface area contributed by atoms with Gasteiger partial charge >= 0.3 is 5.97 Å². The van der Waals surface area contributed by atoms with Crippen molar-refractivity contribution in [1.82, 2.24) is 5.32 Å². The van der Waals surface area contributed by atoms with Crippen molar-refractivity contribution in [3.63, 3.8) is 0 Å². The first kappa shape index (κ1) is 8.92. The first-order chi connectivity index (χ1) is 4.76. The van der Waals surface area contributed by atoms with Crippen LogP contribution in [-0.2, 0) is 9.53 Å². The van der Waals surface area contributed by atoms with E-state index in [4.69, 9.17) is 5.26 Å². The van der Waals surface area contributed by atoms with E-state index in [0.29, 0.717) is 6.61 Å². The van der Waals surface area contributed by atoms with Gasteiger partial charge in [0.2, 0.25) is 0 Å². The topological polar surface area (TPSA) is 62.1 Å². The lowest BCUT2D eigenvalue weighted by Crippen LogP contribution is -2.49. The molecule has 1 aliphatic heterocycles. The van der Waals surface area contributed by atoms with Crippen molar-refractivity contribution in [2.75, 3.05) is 13.7 Å². The number of likely N-dealkylation sites (N-methyl/N-ethyl adjacent to an activating group) is 1. The van der Waals surface area contributed by atoms with Crippen LogP contribution >= 0.6 is 0 Å². The van der Waals surface area contributed by atoms with Gasteiger partial charge in [-0.3, -0.25) is 4.79 Å². The zero-order valence-corrected chi connectivity index (χ0v) is 6.05. The largest absolute Gasteiger partial charge is 0.462 e. The van der Waals surface area contributed by atoms with Crippen molar-refractivity contribution in [3.05, 3.63) is 0 Å². The van der Waals surface area contributed by atoms with Crippen LogP contribution in [0.1, 0.15) is 6.92 Å². The molecule has 0 aromatic rings. The average molecular weight is 142 g/mol. The molecule has 1 saturated heterocycles. The van der Waals surface area contributed by atoms with Crippen molar-refractivity contribution in [1.29, 1.82) is 5.26 Å². The maximum absolute atomic E-state index is 10.2. The Morgan fingerprint density at radius 2 is 2.40 bits per heavy atom. The predicted molar refractivity (Wildman–Crippen MR) is 35.1 cm³/mol. The maximum atomic E-state index is 10.2. The number of hydrogen-bond acceptors (Lipinski definition) is 4. The van der Waals surface area contributed by atoms with Gasteiger partial charge in [-0.05, 0) is 7.05 Å². The van der Waals surface area contributed by atoms with Crippen LogP contribution in [0.25, 0.3) is 0 Å². The zero-order valence-electron chi connectivity index (χ0n) is 6.05. The molecule has 56 valence electrons. The molecule has 1 aliphatic rings. The van der Waals surface area contributed by atoms with Crippen LogP contribution in [0, 0.1) is 11.3 Å². The molecule has 0 aromatic heterocycles. The van der Waals surface area contributed by atoms with Crippen LogP contribution in [0.2, 0.25) is 0 Å². The molecule has 0 bridgehead atoms. The number of esters is 1. The zero-order chi connectivity index (χ0) is 7.98. The Bertz CT molecular complexity index is 148. The first-order valence-corrected chi connectivity index (χ1v) is 2.91. The fourth-order valence-corrected chi connectivity index (χ4v) is 0.436. The van der Waals surface area contributed by atoms with E-state index in [1.54, 1.807) is 13.1 Å². The molecule has 1 atom stereocenters. The summed E-state index contributed by atoms with van der Waals surface area (Å²) in [7, 11) is 1.74. The third kappa shape index (κ3) is 2.46. The molecular weight excluding hydrogens is 132 g/mol. The minimum absolute atomic E-state index is 0.0278. The van der Waals surface area contributed by atoms with Gasteiger partial charge in [0.05, 0.1) is 6.07 Å². The second-order valence-corrected chi connectivity index (χ2v) is 1.69. The highest BCUT2D eigenvalue weighted by Gasteiger charge is 2.28. The number of nitrogens with zero attached hydrogens (tertiary/aromatic N) is 1. The van der Waals surface area contributed by atoms with Gasteiger partial charge in [-0.2, -0.15) is 5.26 Å². The van der Waals surface area contributed by atoms with Crippen LogP contribution in [-0.4, -0.2) is 25.7 Å². The van der Waals surface area contributed by atoms with Crippen LogP contribution in [0.15, 0.2) is 0 Å². The molecule has 0 radical (unpaired) electrons. The molecule has 0 aliphatic carbocycles. The lowest BCUT2D eigenvalue weighted by Gasteiger charge is -2.22. The maximum Gasteiger partial charge on any atom is 0.326 e. The van der Waals surface area contributed by atoms with E-state index in [1.165, 1.54) is 6.92 Å². The summed E-state index contributed by atoms with van der Waals surface area (Å²) < 4.78 is 4.43. The summed E-state index contributed by atoms with van der Waals surface area (Å²) in [5, 5.41) is 10.1. The van der Waals surface area contributed by atoms with Crippen LogP contribution in [0.5, 0.6) is 0 Å². The summed E-state index contributed by atoms with van der Waals surface area (Å²) in [6.07, 6.45) is 0. The van der Waals surface area contributed by atoms with E-state index in [2.05, 4.69) is 10.1 Å². The second-order valence-electron chi connectivity index (χ2n) is 1.69. The van der Waals surface area contributed by atoms with E-state index in [1.807, 2.05) is 0 Å².